The first-order chi connectivity index (χ1) is 28.5. The van der Waals surface area contributed by atoms with Crippen molar-refractivity contribution in [2.45, 2.75) is 200 Å². The SMILES string of the molecule is CCCCCC(=O)/C=C/C=C\C/C=C\C/C=C\CCCC(=O)OC[C@H](COP(=O)(O)OC[C@@H](O)CO)OC(=O)CCCCCCCCCCCCCCCCC(C)CC. The Bertz CT molecular complexity index is 1200. The molecule has 0 amide bonds. The number of phosphoric acid groups is 1. The van der Waals surface area contributed by atoms with Crippen molar-refractivity contribution >= 4 is 25.5 Å². The first-order valence-corrected chi connectivity index (χ1v) is 24.4. The van der Waals surface area contributed by atoms with E-state index in [0.29, 0.717) is 25.7 Å². The molecule has 342 valence electrons. The summed E-state index contributed by atoms with van der Waals surface area (Å²) in [5, 5.41) is 18.3. The molecule has 0 aliphatic carbocycles. The largest absolute Gasteiger partial charge is 0.472 e. The van der Waals surface area contributed by atoms with Crippen molar-refractivity contribution < 1.29 is 52.6 Å². The lowest BCUT2D eigenvalue weighted by atomic mass is 9.99. The summed E-state index contributed by atoms with van der Waals surface area (Å²) in [7, 11) is -4.64. The Morgan fingerprint density at radius 1 is 0.627 bits per heavy atom. The molecule has 3 N–H and O–H groups in total. The smallest absolute Gasteiger partial charge is 0.462 e. The summed E-state index contributed by atoms with van der Waals surface area (Å²) in [5.74, 6) is 0.00333. The van der Waals surface area contributed by atoms with Gasteiger partial charge in [0, 0.05) is 19.3 Å². The summed E-state index contributed by atoms with van der Waals surface area (Å²) in [5.41, 5.74) is 0. The van der Waals surface area contributed by atoms with E-state index in [0.717, 1.165) is 57.3 Å². The standard InChI is InChI=1S/C47H83O11P/c1-4-6-28-34-43(49)35-30-25-21-17-13-11-15-18-22-26-31-36-46(51)55-40-45(41-57-59(53,54)56-39-44(50)38-48)58-47(52)37-32-27-23-19-14-10-8-7-9-12-16-20-24-29-33-42(3)5-2/h11,13,18,21-22,25,30,35,42,44-45,48,50H,4-10,12,14-17,19-20,23-24,26-29,31-34,36-41H2,1-3H3,(H,53,54)/b13-11-,22-18-,25-21-,35-30+/t42?,44-,45+/m0/s1. The molecule has 0 aliphatic rings. The maximum atomic E-state index is 12.6. The number of unbranched alkanes of at least 4 members (excludes halogenated alkanes) is 16. The molecule has 0 saturated carbocycles. The second kappa shape index (κ2) is 41.0. The van der Waals surface area contributed by atoms with Crippen LogP contribution in [0.3, 0.4) is 0 Å². The van der Waals surface area contributed by atoms with Gasteiger partial charge in [0.1, 0.15) is 12.7 Å². The third kappa shape index (κ3) is 40.8. The number of ether oxygens (including phenoxy) is 2. The number of rotatable bonds is 42. The number of ketones is 1. The van der Waals surface area contributed by atoms with Gasteiger partial charge in [0.05, 0.1) is 19.8 Å². The molecule has 0 saturated heterocycles. The Labute approximate surface area is 358 Å². The molecule has 12 heteroatoms. The Balaban J connectivity index is 4.38. The Morgan fingerprint density at radius 2 is 1.17 bits per heavy atom. The molecule has 0 fully saturated rings. The number of carbonyl (C=O) groups is 3. The van der Waals surface area contributed by atoms with Gasteiger partial charge in [-0.2, -0.15) is 0 Å². The number of allylic oxidation sites excluding steroid dienone is 8. The van der Waals surface area contributed by atoms with Crippen molar-refractivity contribution in [3.63, 3.8) is 0 Å². The summed E-state index contributed by atoms with van der Waals surface area (Å²) < 4.78 is 32.7. The molecule has 0 aromatic carbocycles. The fourth-order valence-corrected chi connectivity index (χ4v) is 6.82. The third-order valence-corrected chi connectivity index (χ3v) is 11.0. The molecule has 4 atom stereocenters. The molecular weight excluding hydrogens is 771 g/mol. The minimum atomic E-state index is -4.64. The van der Waals surface area contributed by atoms with E-state index in [1.165, 1.54) is 77.0 Å². The van der Waals surface area contributed by atoms with Crippen molar-refractivity contribution in [2.75, 3.05) is 26.4 Å². The number of aliphatic hydroxyl groups is 2. The van der Waals surface area contributed by atoms with Gasteiger partial charge in [0.2, 0.25) is 0 Å². The van der Waals surface area contributed by atoms with E-state index in [9.17, 15) is 28.9 Å². The highest BCUT2D eigenvalue weighted by Crippen LogP contribution is 2.43. The number of hydrogen-bond donors (Lipinski definition) is 3. The summed E-state index contributed by atoms with van der Waals surface area (Å²) in [6.07, 6.45) is 39.2. The quantitative estimate of drug-likeness (QED) is 0.0134. The summed E-state index contributed by atoms with van der Waals surface area (Å²) in [6.45, 7) is 4.51. The zero-order valence-electron chi connectivity index (χ0n) is 37.1. The Morgan fingerprint density at radius 3 is 1.78 bits per heavy atom. The van der Waals surface area contributed by atoms with Crippen molar-refractivity contribution in [1.29, 1.82) is 0 Å². The molecule has 0 aromatic heterocycles. The van der Waals surface area contributed by atoms with Gasteiger partial charge in [-0.15, -0.1) is 0 Å². The van der Waals surface area contributed by atoms with Crippen LogP contribution in [0.15, 0.2) is 48.6 Å². The summed E-state index contributed by atoms with van der Waals surface area (Å²) in [4.78, 5) is 46.7. The second-order valence-corrected chi connectivity index (χ2v) is 17.2. The highest BCUT2D eigenvalue weighted by atomic mass is 31.2. The highest BCUT2D eigenvalue weighted by molar-refractivity contribution is 7.47. The van der Waals surface area contributed by atoms with Crippen LogP contribution in [0, 0.1) is 5.92 Å². The first kappa shape index (κ1) is 56.6. The fraction of sp³-hybridized carbons (Fsp3) is 0.766. The van der Waals surface area contributed by atoms with Gasteiger partial charge in [-0.1, -0.05) is 172 Å². The molecule has 0 aromatic rings. The topological polar surface area (TPSA) is 166 Å². The van der Waals surface area contributed by atoms with E-state index in [-0.39, 0.29) is 25.2 Å². The zero-order valence-corrected chi connectivity index (χ0v) is 38.0. The van der Waals surface area contributed by atoms with Crippen molar-refractivity contribution in [3.05, 3.63) is 48.6 Å². The number of esters is 2. The first-order valence-electron chi connectivity index (χ1n) is 22.9. The third-order valence-electron chi connectivity index (χ3n) is 10.0. The van der Waals surface area contributed by atoms with Crippen molar-refractivity contribution in [1.82, 2.24) is 0 Å². The van der Waals surface area contributed by atoms with E-state index in [1.807, 2.05) is 36.5 Å². The minimum absolute atomic E-state index is 0.139. The molecule has 0 radical (unpaired) electrons. The lowest BCUT2D eigenvalue weighted by molar-refractivity contribution is -0.161. The Hall–Kier alpha value is -2.40. The maximum Gasteiger partial charge on any atom is 0.472 e. The average molecular weight is 855 g/mol. The van der Waals surface area contributed by atoms with E-state index in [2.05, 4.69) is 25.3 Å². The van der Waals surface area contributed by atoms with Gasteiger partial charge in [-0.25, -0.2) is 4.57 Å². The molecule has 2 unspecified atom stereocenters. The van der Waals surface area contributed by atoms with Crippen LogP contribution in [0.5, 0.6) is 0 Å². The monoisotopic (exact) mass is 855 g/mol. The second-order valence-electron chi connectivity index (χ2n) is 15.7. The van der Waals surface area contributed by atoms with E-state index in [4.69, 9.17) is 19.1 Å². The maximum absolute atomic E-state index is 12.6. The minimum Gasteiger partial charge on any atom is -0.462 e. The molecule has 0 rings (SSSR count). The van der Waals surface area contributed by atoms with Crippen LogP contribution < -0.4 is 0 Å². The van der Waals surface area contributed by atoms with Gasteiger partial charge in [0.25, 0.3) is 0 Å². The van der Waals surface area contributed by atoms with Crippen LogP contribution in [0.2, 0.25) is 0 Å². The predicted octanol–water partition coefficient (Wildman–Crippen LogP) is 11.5. The van der Waals surface area contributed by atoms with Crippen LogP contribution >= 0.6 is 7.82 Å². The van der Waals surface area contributed by atoms with Gasteiger partial charge in [-0.05, 0) is 50.5 Å². The molecular formula is C47H83O11P. The summed E-state index contributed by atoms with van der Waals surface area (Å²) in [6, 6.07) is 0. The normalized spacial score (nSPS) is 14.7. The molecule has 59 heavy (non-hydrogen) atoms. The van der Waals surface area contributed by atoms with E-state index in [1.54, 1.807) is 12.2 Å². The van der Waals surface area contributed by atoms with E-state index >= 15 is 0 Å². The van der Waals surface area contributed by atoms with Gasteiger partial charge >= 0.3 is 19.8 Å². The van der Waals surface area contributed by atoms with E-state index < -0.39 is 51.8 Å². The molecule has 0 bridgehead atoms. The number of aliphatic hydroxyl groups excluding tert-OH is 2. The van der Waals surface area contributed by atoms with Crippen molar-refractivity contribution in [3.8, 4) is 0 Å². The average Bonchev–Trinajstić information content (AvgIpc) is 3.22. The fourth-order valence-electron chi connectivity index (χ4n) is 6.03. The molecule has 0 aliphatic heterocycles. The molecule has 11 nitrogen and oxygen atoms in total. The lowest BCUT2D eigenvalue weighted by Crippen LogP contribution is -2.29. The predicted molar refractivity (Wildman–Crippen MR) is 238 cm³/mol. The number of carbonyl (C=O) groups excluding carboxylic acids is 3. The van der Waals surface area contributed by atoms with Crippen LogP contribution in [0.1, 0.15) is 188 Å². The Kier molecular flexibility index (Phi) is 39.3. The molecule has 0 heterocycles. The lowest BCUT2D eigenvalue weighted by Gasteiger charge is -2.20. The summed E-state index contributed by atoms with van der Waals surface area (Å²) >= 11 is 0. The van der Waals surface area contributed by atoms with Crippen LogP contribution in [-0.2, 0) is 37.5 Å². The van der Waals surface area contributed by atoms with Crippen LogP contribution in [-0.4, -0.2) is 71.5 Å². The zero-order chi connectivity index (χ0) is 43.7. The number of hydrogen-bond acceptors (Lipinski definition) is 10. The van der Waals surface area contributed by atoms with Gasteiger partial charge in [-0.3, -0.25) is 23.4 Å². The number of phosphoric ester groups is 1. The highest BCUT2D eigenvalue weighted by Gasteiger charge is 2.27. The molecule has 0 spiro atoms. The van der Waals surface area contributed by atoms with Crippen LogP contribution in [0.25, 0.3) is 0 Å². The van der Waals surface area contributed by atoms with Crippen molar-refractivity contribution in [2.24, 2.45) is 5.92 Å². The van der Waals surface area contributed by atoms with Gasteiger partial charge in [0.15, 0.2) is 11.9 Å². The van der Waals surface area contributed by atoms with Gasteiger partial charge < -0.3 is 24.6 Å². The van der Waals surface area contributed by atoms with Crippen LogP contribution in [0.4, 0.5) is 0 Å².